The molecule has 28 heavy (non-hydrogen) atoms. The van der Waals surface area contributed by atoms with Crippen LogP contribution in [-0.4, -0.2) is 39.7 Å². The minimum absolute atomic E-state index is 0.0219. The molecule has 9 heteroatoms. The molecule has 2 N–H and O–H groups in total. The first kappa shape index (κ1) is 22.0. The molecule has 2 amide bonds. The van der Waals surface area contributed by atoms with Crippen LogP contribution in [0.25, 0.3) is 10.9 Å². The van der Waals surface area contributed by atoms with E-state index in [0.29, 0.717) is 27.6 Å². The number of fused-ring (bicyclic) bond motifs is 1. The number of rotatable bonds is 9. The van der Waals surface area contributed by atoms with Gasteiger partial charge < -0.3 is 10.6 Å². The number of nitrogens with one attached hydrogen (secondary N) is 2. The molecule has 1 atom stereocenters. The van der Waals surface area contributed by atoms with Crippen LogP contribution in [0.15, 0.2) is 40.8 Å². The third-order valence-electron chi connectivity index (χ3n) is 3.85. The molecule has 0 saturated heterocycles. The Bertz CT molecular complexity index is 945. The Morgan fingerprint density at radius 1 is 1.43 bits per heavy atom. The lowest BCUT2D eigenvalue weighted by molar-refractivity contribution is -0.127. The molecule has 0 radical (unpaired) electrons. The van der Waals surface area contributed by atoms with E-state index < -0.39 is 6.04 Å². The van der Waals surface area contributed by atoms with Crippen molar-refractivity contribution in [3.05, 3.63) is 46.2 Å². The average Bonchev–Trinajstić information content (AvgIpc) is 2.67. The van der Waals surface area contributed by atoms with Gasteiger partial charge in [-0.2, -0.15) is 0 Å². The van der Waals surface area contributed by atoms with Gasteiger partial charge in [-0.05, 0) is 31.5 Å². The molecule has 0 spiro atoms. The van der Waals surface area contributed by atoms with E-state index in [4.69, 9.17) is 11.6 Å². The minimum Gasteiger partial charge on any atom is -0.354 e. The number of hydrogen-bond donors (Lipinski definition) is 2. The zero-order valence-corrected chi connectivity index (χ0v) is 17.4. The molecule has 0 unspecified atom stereocenters. The first-order chi connectivity index (χ1) is 13.4. The van der Waals surface area contributed by atoms with Crippen LogP contribution in [0.3, 0.4) is 0 Å². The lowest BCUT2D eigenvalue weighted by Gasteiger charge is -2.14. The van der Waals surface area contributed by atoms with Crippen LogP contribution in [0.1, 0.15) is 20.3 Å². The number of carbonyl (C=O) groups is 2. The molecule has 7 nitrogen and oxygen atoms in total. The van der Waals surface area contributed by atoms with Gasteiger partial charge in [0.25, 0.3) is 5.56 Å². The maximum absolute atomic E-state index is 12.8. The predicted octanol–water partition coefficient (Wildman–Crippen LogP) is 2.36. The highest BCUT2D eigenvalue weighted by Gasteiger charge is 2.17. The van der Waals surface area contributed by atoms with Crippen LogP contribution in [0.5, 0.6) is 0 Å². The molecule has 0 saturated carbocycles. The summed E-state index contributed by atoms with van der Waals surface area (Å²) < 4.78 is 1.45. The summed E-state index contributed by atoms with van der Waals surface area (Å²) in [6.45, 7) is 8.06. The molecule has 150 valence electrons. The number of aromatic nitrogens is 2. The number of thioether (sulfide) groups is 1. The van der Waals surface area contributed by atoms with Gasteiger partial charge in [0.1, 0.15) is 6.04 Å². The molecule has 1 aromatic heterocycles. The number of allylic oxidation sites excluding steroid dienone is 1. The second-order valence-corrected chi connectivity index (χ2v) is 7.51. The van der Waals surface area contributed by atoms with Gasteiger partial charge in [0, 0.05) is 18.1 Å². The van der Waals surface area contributed by atoms with Gasteiger partial charge in [0.2, 0.25) is 11.8 Å². The zero-order chi connectivity index (χ0) is 20.7. The topological polar surface area (TPSA) is 93.1 Å². The SMILES string of the molecule is C=CCn1c(SCC(=O)N[C@H](C)C(=O)NCCC)nc2ccc(Cl)cc2c1=O. The van der Waals surface area contributed by atoms with Crippen molar-refractivity contribution in [3.63, 3.8) is 0 Å². The smallest absolute Gasteiger partial charge is 0.262 e. The van der Waals surface area contributed by atoms with E-state index in [2.05, 4.69) is 22.2 Å². The standard InChI is InChI=1S/C19H23ClN4O3S/c1-4-8-21-17(26)12(3)22-16(25)11-28-19-23-15-7-6-13(20)10-14(15)18(27)24(19)9-5-2/h5-7,10,12H,2,4,8-9,11H2,1,3H3,(H,21,26)(H,22,25)/t12-/m1/s1. The Balaban J connectivity index is 2.14. The third-order valence-corrected chi connectivity index (χ3v) is 5.06. The summed E-state index contributed by atoms with van der Waals surface area (Å²) in [7, 11) is 0. The molecule has 0 aliphatic heterocycles. The summed E-state index contributed by atoms with van der Waals surface area (Å²) in [5.74, 6) is -0.530. The summed E-state index contributed by atoms with van der Waals surface area (Å²) in [5.41, 5.74) is 0.257. The molecule has 1 heterocycles. The van der Waals surface area contributed by atoms with E-state index in [9.17, 15) is 14.4 Å². The van der Waals surface area contributed by atoms with Crippen molar-refractivity contribution >= 4 is 46.1 Å². The highest BCUT2D eigenvalue weighted by Crippen LogP contribution is 2.20. The number of benzene rings is 1. The molecule has 0 aliphatic carbocycles. The van der Waals surface area contributed by atoms with Crippen molar-refractivity contribution in [1.82, 2.24) is 20.2 Å². The van der Waals surface area contributed by atoms with Crippen LogP contribution in [0, 0.1) is 0 Å². The van der Waals surface area contributed by atoms with Crippen molar-refractivity contribution in [2.75, 3.05) is 12.3 Å². The maximum Gasteiger partial charge on any atom is 0.262 e. The fourth-order valence-electron chi connectivity index (χ4n) is 2.45. The van der Waals surface area contributed by atoms with Gasteiger partial charge in [-0.25, -0.2) is 4.98 Å². The van der Waals surface area contributed by atoms with E-state index in [0.717, 1.165) is 18.2 Å². The highest BCUT2D eigenvalue weighted by atomic mass is 35.5. The normalized spacial score (nSPS) is 11.8. The molecule has 0 bridgehead atoms. The van der Waals surface area contributed by atoms with E-state index in [1.165, 1.54) is 4.57 Å². The number of carbonyl (C=O) groups excluding carboxylic acids is 2. The van der Waals surface area contributed by atoms with E-state index in [1.807, 2.05) is 6.92 Å². The summed E-state index contributed by atoms with van der Waals surface area (Å²) in [4.78, 5) is 41.3. The summed E-state index contributed by atoms with van der Waals surface area (Å²) >= 11 is 7.11. The van der Waals surface area contributed by atoms with Gasteiger partial charge >= 0.3 is 0 Å². The van der Waals surface area contributed by atoms with Crippen LogP contribution >= 0.6 is 23.4 Å². The highest BCUT2D eigenvalue weighted by molar-refractivity contribution is 7.99. The molecular weight excluding hydrogens is 400 g/mol. The Morgan fingerprint density at radius 2 is 2.18 bits per heavy atom. The zero-order valence-electron chi connectivity index (χ0n) is 15.8. The summed E-state index contributed by atoms with van der Waals surface area (Å²) in [6, 6.07) is 4.26. The molecule has 1 aromatic carbocycles. The van der Waals surface area contributed by atoms with Gasteiger partial charge in [-0.15, -0.1) is 6.58 Å². The predicted molar refractivity (Wildman–Crippen MR) is 113 cm³/mol. The fourth-order valence-corrected chi connectivity index (χ4v) is 3.44. The van der Waals surface area contributed by atoms with Crippen molar-refractivity contribution in [2.45, 2.75) is 38.0 Å². The van der Waals surface area contributed by atoms with E-state index in [-0.39, 0.29) is 29.7 Å². The third kappa shape index (κ3) is 5.59. The monoisotopic (exact) mass is 422 g/mol. The molecule has 2 aromatic rings. The number of hydrogen-bond acceptors (Lipinski definition) is 5. The number of amides is 2. The molecule has 0 fully saturated rings. The average molecular weight is 423 g/mol. The van der Waals surface area contributed by atoms with Crippen LogP contribution < -0.4 is 16.2 Å². The van der Waals surface area contributed by atoms with Gasteiger partial charge in [0.05, 0.1) is 16.7 Å². The lowest BCUT2D eigenvalue weighted by Crippen LogP contribution is -2.45. The Morgan fingerprint density at radius 3 is 2.86 bits per heavy atom. The molecular formula is C19H23ClN4O3S. The Labute approximate surface area is 172 Å². The van der Waals surface area contributed by atoms with E-state index in [1.54, 1.807) is 31.2 Å². The molecule has 2 rings (SSSR count). The van der Waals surface area contributed by atoms with Crippen LogP contribution in [0.4, 0.5) is 0 Å². The Kier molecular flexibility index (Phi) is 8.07. The van der Waals surface area contributed by atoms with Gasteiger partial charge in [-0.3, -0.25) is 19.0 Å². The number of nitrogens with zero attached hydrogens (tertiary/aromatic N) is 2. The van der Waals surface area contributed by atoms with Crippen molar-refractivity contribution in [1.29, 1.82) is 0 Å². The molecule has 0 aliphatic rings. The Hall–Kier alpha value is -2.32. The lowest BCUT2D eigenvalue weighted by atomic mass is 10.2. The second kappa shape index (κ2) is 10.3. The maximum atomic E-state index is 12.8. The van der Waals surface area contributed by atoms with E-state index >= 15 is 0 Å². The first-order valence-corrected chi connectivity index (χ1v) is 10.2. The first-order valence-electron chi connectivity index (χ1n) is 8.88. The van der Waals surface area contributed by atoms with Crippen LogP contribution in [-0.2, 0) is 16.1 Å². The fraction of sp³-hybridized carbons (Fsp3) is 0.368. The van der Waals surface area contributed by atoms with Gasteiger partial charge in [0.15, 0.2) is 5.16 Å². The van der Waals surface area contributed by atoms with Gasteiger partial charge in [-0.1, -0.05) is 36.4 Å². The van der Waals surface area contributed by atoms with Crippen LogP contribution in [0.2, 0.25) is 5.02 Å². The summed E-state index contributed by atoms with van der Waals surface area (Å²) in [5, 5.41) is 6.63. The van der Waals surface area contributed by atoms with Crippen molar-refractivity contribution < 1.29 is 9.59 Å². The minimum atomic E-state index is -0.637. The number of halogens is 1. The second-order valence-electron chi connectivity index (χ2n) is 6.13. The van der Waals surface area contributed by atoms with Crippen molar-refractivity contribution in [2.24, 2.45) is 0 Å². The quantitative estimate of drug-likeness (QED) is 0.367. The van der Waals surface area contributed by atoms with Crippen molar-refractivity contribution in [3.8, 4) is 0 Å². The largest absolute Gasteiger partial charge is 0.354 e. The summed E-state index contributed by atoms with van der Waals surface area (Å²) in [6.07, 6.45) is 2.41.